The summed E-state index contributed by atoms with van der Waals surface area (Å²) in [4.78, 5) is 0. The lowest BCUT2D eigenvalue weighted by Gasteiger charge is -2.07. The molecule has 0 bridgehead atoms. The summed E-state index contributed by atoms with van der Waals surface area (Å²) in [6.45, 7) is 10.0. The molecule has 1 aromatic rings. The normalized spacial score (nSPS) is 11.4. The van der Waals surface area contributed by atoms with Gasteiger partial charge in [-0.1, -0.05) is 27.7 Å². The molecule has 0 aliphatic heterocycles. The maximum absolute atomic E-state index is 4.71. The molecule has 1 rings (SSSR count). The van der Waals surface area contributed by atoms with E-state index in [1.165, 1.54) is 27.8 Å². The zero-order valence-electron chi connectivity index (χ0n) is 10.9. The first kappa shape index (κ1) is 14.0. The molecule has 0 radical (unpaired) electrons. The molecule has 0 aliphatic carbocycles. The van der Waals surface area contributed by atoms with Crippen molar-refractivity contribution in [2.45, 2.75) is 59.9 Å². The van der Waals surface area contributed by atoms with Crippen LogP contribution in [0.3, 0.4) is 0 Å². The predicted molar refractivity (Wildman–Crippen MR) is 77.8 cm³/mol. The topological polar surface area (TPSA) is 17.8 Å². The van der Waals surface area contributed by atoms with Crippen LogP contribution < -0.4 is 0 Å². The first-order chi connectivity index (χ1) is 7.60. The van der Waals surface area contributed by atoms with E-state index in [4.69, 9.17) is 5.10 Å². The molecule has 2 nitrogen and oxygen atoms in total. The third kappa shape index (κ3) is 3.47. The predicted octanol–water partition coefficient (Wildman–Crippen LogP) is 4.05. The van der Waals surface area contributed by atoms with Crippen molar-refractivity contribution in [3.63, 3.8) is 0 Å². The number of nitrogens with zero attached hydrogens (tertiary/aromatic N) is 2. The minimum absolute atomic E-state index is 0.797. The van der Waals surface area contributed by atoms with Gasteiger partial charge in [0.05, 0.1) is 15.0 Å². The highest BCUT2D eigenvalue weighted by Crippen LogP contribution is 2.19. The second kappa shape index (κ2) is 6.62. The third-order valence-corrected chi connectivity index (χ3v) is 4.13. The van der Waals surface area contributed by atoms with Gasteiger partial charge in [0.25, 0.3) is 0 Å². The molecule has 0 aromatic carbocycles. The van der Waals surface area contributed by atoms with Gasteiger partial charge in [-0.15, -0.1) is 0 Å². The van der Waals surface area contributed by atoms with Crippen molar-refractivity contribution in [3.05, 3.63) is 15.0 Å². The van der Waals surface area contributed by atoms with Gasteiger partial charge >= 0.3 is 0 Å². The summed E-state index contributed by atoms with van der Waals surface area (Å²) in [6, 6.07) is 0. The molecular formula is C13H23IN2. The molecule has 16 heavy (non-hydrogen) atoms. The van der Waals surface area contributed by atoms with Gasteiger partial charge < -0.3 is 0 Å². The number of rotatable bonds is 6. The first-order valence-corrected chi connectivity index (χ1v) is 7.42. The van der Waals surface area contributed by atoms with Gasteiger partial charge in [-0.25, -0.2) is 0 Å². The molecule has 0 unspecified atom stereocenters. The molecule has 0 atom stereocenters. The van der Waals surface area contributed by atoms with Crippen LogP contribution in [0.5, 0.6) is 0 Å². The zero-order valence-corrected chi connectivity index (χ0v) is 13.0. The lowest BCUT2D eigenvalue weighted by Crippen LogP contribution is -2.06. The molecule has 1 aromatic heterocycles. The number of hydrogen-bond acceptors (Lipinski definition) is 1. The standard InChI is InChI=1S/C13H23IN2/c1-5-11-13(14)12(6-2)16(15-11)9-7-8-10(3)4/h10H,5-9H2,1-4H3. The minimum Gasteiger partial charge on any atom is -0.268 e. The summed E-state index contributed by atoms with van der Waals surface area (Å²) in [6.07, 6.45) is 4.67. The Morgan fingerprint density at radius 3 is 2.44 bits per heavy atom. The number of hydrogen-bond donors (Lipinski definition) is 0. The largest absolute Gasteiger partial charge is 0.268 e. The number of aromatic nitrogens is 2. The van der Waals surface area contributed by atoms with E-state index in [1.807, 2.05) is 0 Å². The van der Waals surface area contributed by atoms with Gasteiger partial charge in [0.1, 0.15) is 0 Å². The monoisotopic (exact) mass is 334 g/mol. The number of halogens is 1. The van der Waals surface area contributed by atoms with Crippen molar-refractivity contribution in [1.29, 1.82) is 0 Å². The summed E-state index contributed by atoms with van der Waals surface area (Å²) in [5.74, 6) is 0.797. The van der Waals surface area contributed by atoms with Gasteiger partial charge in [-0.2, -0.15) is 5.10 Å². The molecule has 0 spiro atoms. The van der Waals surface area contributed by atoms with Crippen molar-refractivity contribution in [1.82, 2.24) is 9.78 Å². The Labute approximate surface area is 113 Å². The Morgan fingerprint density at radius 1 is 1.25 bits per heavy atom. The van der Waals surface area contributed by atoms with Crippen LogP contribution in [0, 0.1) is 9.49 Å². The third-order valence-electron chi connectivity index (χ3n) is 2.88. The van der Waals surface area contributed by atoms with Crippen molar-refractivity contribution in [3.8, 4) is 0 Å². The average molecular weight is 334 g/mol. The minimum atomic E-state index is 0.797. The summed E-state index contributed by atoms with van der Waals surface area (Å²) in [5, 5.41) is 4.71. The molecule has 0 aliphatic rings. The first-order valence-electron chi connectivity index (χ1n) is 6.34. The smallest absolute Gasteiger partial charge is 0.0758 e. The van der Waals surface area contributed by atoms with Gasteiger partial charge in [-0.3, -0.25) is 4.68 Å². The van der Waals surface area contributed by atoms with E-state index in [0.717, 1.165) is 25.3 Å². The van der Waals surface area contributed by atoms with Crippen LogP contribution in [-0.2, 0) is 19.4 Å². The molecular weight excluding hydrogens is 311 g/mol. The van der Waals surface area contributed by atoms with Crippen LogP contribution in [0.4, 0.5) is 0 Å². The SMILES string of the molecule is CCc1nn(CCCC(C)C)c(CC)c1I. The van der Waals surface area contributed by atoms with E-state index in [1.54, 1.807) is 0 Å². The fourth-order valence-electron chi connectivity index (χ4n) is 1.93. The Balaban J connectivity index is 2.71. The van der Waals surface area contributed by atoms with E-state index in [0.29, 0.717) is 0 Å². The van der Waals surface area contributed by atoms with Crippen molar-refractivity contribution < 1.29 is 0 Å². The van der Waals surface area contributed by atoms with E-state index in [2.05, 4.69) is 55.0 Å². The molecule has 0 amide bonds. The summed E-state index contributed by atoms with van der Waals surface area (Å²) < 4.78 is 3.61. The number of aryl methyl sites for hydroxylation is 2. The molecule has 92 valence electrons. The fourth-order valence-corrected chi connectivity index (χ4v) is 3.08. The van der Waals surface area contributed by atoms with Crippen LogP contribution in [0.25, 0.3) is 0 Å². The highest BCUT2D eigenvalue weighted by atomic mass is 127. The molecule has 0 N–H and O–H groups in total. The van der Waals surface area contributed by atoms with Crippen LogP contribution in [-0.4, -0.2) is 9.78 Å². The molecule has 3 heteroatoms. The van der Waals surface area contributed by atoms with Crippen molar-refractivity contribution in [2.75, 3.05) is 0 Å². The summed E-state index contributed by atoms with van der Waals surface area (Å²) in [7, 11) is 0. The Morgan fingerprint density at radius 2 is 1.94 bits per heavy atom. The van der Waals surface area contributed by atoms with Gasteiger partial charge in [0.2, 0.25) is 0 Å². The van der Waals surface area contributed by atoms with E-state index >= 15 is 0 Å². The molecule has 0 saturated carbocycles. The van der Waals surface area contributed by atoms with Crippen LogP contribution in [0.2, 0.25) is 0 Å². The lowest BCUT2D eigenvalue weighted by atomic mass is 10.1. The Hall–Kier alpha value is -0.0600. The van der Waals surface area contributed by atoms with Gasteiger partial charge in [0, 0.05) is 6.54 Å². The van der Waals surface area contributed by atoms with Crippen LogP contribution in [0.15, 0.2) is 0 Å². The second-order valence-corrected chi connectivity index (χ2v) is 5.75. The maximum atomic E-state index is 4.71. The summed E-state index contributed by atoms with van der Waals surface area (Å²) >= 11 is 2.44. The van der Waals surface area contributed by atoms with Crippen LogP contribution >= 0.6 is 22.6 Å². The Kier molecular flexibility index (Phi) is 5.79. The molecule has 0 fully saturated rings. The summed E-state index contributed by atoms with van der Waals surface area (Å²) in [5.41, 5.74) is 2.68. The molecule has 0 saturated heterocycles. The Bertz CT molecular complexity index is 329. The highest BCUT2D eigenvalue weighted by molar-refractivity contribution is 14.1. The lowest BCUT2D eigenvalue weighted by molar-refractivity contribution is 0.479. The molecule has 1 heterocycles. The van der Waals surface area contributed by atoms with E-state index in [9.17, 15) is 0 Å². The average Bonchev–Trinajstić information content (AvgIpc) is 2.54. The fraction of sp³-hybridized carbons (Fsp3) is 0.769. The van der Waals surface area contributed by atoms with Crippen molar-refractivity contribution in [2.24, 2.45) is 5.92 Å². The van der Waals surface area contributed by atoms with Gasteiger partial charge in [-0.05, 0) is 54.2 Å². The quantitative estimate of drug-likeness (QED) is 0.718. The van der Waals surface area contributed by atoms with Crippen LogP contribution in [0.1, 0.15) is 51.9 Å². The van der Waals surface area contributed by atoms with E-state index in [-0.39, 0.29) is 0 Å². The highest BCUT2D eigenvalue weighted by Gasteiger charge is 2.12. The van der Waals surface area contributed by atoms with Gasteiger partial charge in [0.15, 0.2) is 0 Å². The van der Waals surface area contributed by atoms with E-state index < -0.39 is 0 Å². The zero-order chi connectivity index (χ0) is 12.1. The second-order valence-electron chi connectivity index (χ2n) is 4.67. The van der Waals surface area contributed by atoms with Crippen molar-refractivity contribution >= 4 is 22.6 Å². The maximum Gasteiger partial charge on any atom is 0.0758 e.